The van der Waals surface area contributed by atoms with E-state index in [1.807, 2.05) is 30.3 Å². The number of sulfonamides is 1. The summed E-state index contributed by atoms with van der Waals surface area (Å²) in [6.45, 7) is 4.98. The molecule has 0 heterocycles. The van der Waals surface area contributed by atoms with Crippen molar-refractivity contribution in [1.29, 1.82) is 0 Å². The van der Waals surface area contributed by atoms with Gasteiger partial charge in [-0.2, -0.15) is 4.31 Å². The highest BCUT2D eigenvalue weighted by Crippen LogP contribution is 2.27. The molecule has 0 aliphatic rings. The molecule has 33 heavy (non-hydrogen) atoms. The minimum atomic E-state index is -3.66. The Balaban J connectivity index is 1.66. The second kappa shape index (κ2) is 11.0. The lowest BCUT2D eigenvalue weighted by atomic mass is 10.2. The average molecular weight is 531 g/mol. The van der Waals surface area contributed by atoms with Crippen LogP contribution in [0.1, 0.15) is 29.8 Å². The molecule has 1 amide bonds. The number of ether oxygens (including phenoxy) is 1. The van der Waals surface area contributed by atoms with Crippen LogP contribution in [0.25, 0.3) is 0 Å². The fourth-order valence-corrected chi connectivity index (χ4v) is 4.69. The predicted molar refractivity (Wildman–Crippen MR) is 134 cm³/mol. The zero-order valence-corrected chi connectivity index (χ0v) is 21.2. The van der Waals surface area contributed by atoms with Gasteiger partial charge in [0.2, 0.25) is 10.0 Å². The highest BCUT2D eigenvalue weighted by atomic mass is 79.9. The Morgan fingerprint density at radius 2 is 1.70 bits per heavy atom. The summed E-state index contributed by atoms with van der Waals surface area (Å²) < 4.78 is 33.5. The maximum atomic E-state index is 12.9. The van der Waals surface area contributed by atoms with Crippen molar-refractivity contribution in [3.63, 3.8) is 0 Å². The molecule has 0 saturated carbocycles. The first-order valence-corrected chi connectivity index (χ1v) is 12.7. The van der Waals surface area contributed by atoms with Crippen molar-refractivity contribution in [1.82, 2.24) is 4.31 Å². The van der Waals surface area contributed by atoms with Crippen LogP contribution < -0.4 is 10.1 Å². The maximum absolute atomic E-state index is 12.9. The van der Waals surface area contributed by atoms with Gasteiger partial charge in [-0.1, -0.05) is 44.2 Å². The molecular weight excluding hydrogens is 504 g/mol. The van der Waals surface area contributed by atoms with Crippen LogP contribution in [0.15, 0.2) is 82.2 Å². The van der Waals surface area contributed by atoms with Crippen molar-refractivity contribution in [3.8, 4) is 5.75 Å². The molecule has 0 saturated heterocycles. The van der Waals surface area contributed by atoms with Gasteiger partial charge in [0.1, 0.15) is 5.75 Å². The molecule has 174 valence electrons. The normalized spacial score (nSPS) is 11.6. The third-order valence-corrected chi connectivity index (χ3v) is 7.27. The van der Waals surface area contributed by atoms with Crippen molar-refractivity contribution < 1.29 is 17.9 Å². The number of carbonyl (C=O) groups is 1. The number of rotatable bonds is 9. The van der Waals surface area contributed by atoms with E-state index >= 15 is 0 Å². The molecule has 0 atom stereocenters. The SMILES string of the molecule is CC(C)COc1ccc(C(=O)Nc2ccc(S(=O)(=O)N(C)Cc3ccccc3)cc2)cc1Br. The highest BCUT2D eigenvalue weighted by Gasteiger charge is 2.21. The molecule has 0 unspecified atom stereocenters. The largest absolute Gasteiger partial charge is 0.492 e. The first-order valence-electron chi connectivity index (χ1n) is 10.5. The topological polar surface area (TPSA) is 75.7 Å². The fraction of sp³-hybridized carbons (Fsp3) is 0.240. The van der Waals surface area contributed by atoms with E-state index < -0.39 is 10.0 Å². The van der Waals surface area contributed by atoms with E-state index in [9.17, 15) is 13.2 Å². The van der Waals surface area contributed by atoms with E-state index in [0.29, 0.717) is 34.0 Å². The van der Waals surface area contributed by atoms with Gasteiger partial charge in [-0.05, 0) is 69.9 Å². The van der Waals surface area contributed by atoms with Gasteiger partial charge in [-0.25, -0.2) is 8.42 Å². The van der Waals surface area contributed by atoms with Crippen LogP contribution >= 0.6 is 15.9 Å². The molecule has 3 aromatic carbocycles. The maximum Gasteiger partial charge on any atom is 0.255 e. The van der Waals surface area contributed by atoms with Crippen LogP contribution in [0, 0.1) is 5.92 Å². The van der Waals surface area contributed by atoms with E-state index in [4.69, 9.17) is 4.74 Å². The number of benzene rings is 3. The van der Waals surface area contributed by atoms with E-state index in [2.05, 4.69) is 35.1 Å². The lowest BCUT2D eigenvalue weighted by Crippen LogP contribution is -2.26. The smallest absolute Gasteiger partial charge is 0.255 e. The first kappa shape index (κ1) is 25.0. The first-order chi connectivity index (χ1) is 15.7. The molecule has 0 fully saturated rings. The van der Waals surface area contributed by atoms with Gasteiger partial charge in [-0.15, -0.1) is 0 Å². The Hall–Kier alpha value is -2.68. The summed E-state index contributed by atoms with van der Waals surface area (Å²) in [6.07, 6.45) is 0. The minimum Gasteiger partial charge on any atom is -0.492 e. The number of anilines is 1. The summed E-state index contributed by atoms with van der Waals surface area (Å²) >= 11 is 3.44. The molecule has 0 aliphatic heterocycles. The Kier molecular flexibility index (Phi) is 8.29. The zero-order valence-electron chi connectivity index (χ0n) is 18.8. The fourth-order valence-electron chi connectivity index (χ4n) is 3.03. The number of nitrogens with zero attached hydrogens (tertiary/aromatic N) is 1. The van der Waals surface area contributed by atoms with Crippen molar-refractivity contribution in [2.75, 3.05) is 19.0 Å². The molecule has 0 aliphatic carbocycles. The van der Waals surface area contributed by atoms with Gasteiger partial charge in [-0.3, -0.25) is 4.79 Å². The van der Waals surface area contributed by atoms with E-state index in [-0.39, 0.29) is 17.3 Å². The van der Waals surface area contributed by atoms with Crippen LogP contribution in [-0.4, -0.2) is 32.3 Å². The minimum absolute atomic E-state index is 0.160. The Morgan fingerprint density at radius 3 is 2.30 bits per heavy atom. The Morgan fingerprint density at radius 1 is 1.03 bits per heavy atom. The third kappa shape index (κ3) is 6.66. The Bertz CT molecular complexity index is 1200. The zero-order chi connectivity index (χ0) is 24.0. The predicted octanol–water partition coefficient (Wildman–Crippen LogP) is 5.56. The molecule has 0 aromatic heterocycles. The van der Waals surface area contributed by atoms with Crippen LogP contribution in [0.4, 0.5) is 5.69 Å². The number of nitrogens with one attached hydrogen (secondary N) is 1. The molecule has 8 heteroatoms. The third-order valence-electron chi connectivity index (χ3n) is 4.83. The lowest BCUT2D eigenvalue weighted by molar-refractivity contribution is 0.102. The van der Waals surface area contributed by atoms with Gasteiger partial charge in [0.15, 0.2) is 0 Å². The number of hydrogen-bond donors (Lipinski definition) is 1. The number of amides is 1. The van der Waals surface area contributed by atoms with Crippen molar-refractivity contribution in [2.24, 2.45) is 5.92 Å². The van der Waals surface area contributed by atoms with Crippen LogP contribution in [0.2, 0.25) is 0 Å². The quantitative estimate of drug-likeness (QED) is 0.393. The molecule has 1 N–H and O–H groups in total. The number of halogens is 1. The average Bonchev–Trinajstić information content (AvgIpc) is 2.79. The summed E-state index contributed by atoms with van der Waals surface area (Å²) in [5, 5.41) is 2.79. The molecule has 0 spiro atoms. The number of hydrogen-bond acceptors (Lipinski definition) is 4. The number of carbonyl (C=O) groups excluding carboxylic acids is 1. The Labute approximate surface area is 203 Å². The molecular formula is C25H27BrN2O4S. The van der Waals surface area contributed by atoms with Gasteiger partial charge in [0.05, 0.1) is 16.0 Å². The van der Waals surface area contributed by atoms with Crippen molar-refractivity contribution in [3.05, 3.63) is 88.4 Å². The summed E-state index contributed by atoms with van der Waals surface area (Å²) in [7, 11) is -2.11. The summed E-state index contributed by atoms with van der Waals surface area (Å²) in [5.74, 6) is 0.766. The van der Waals surface area contributed by atoms with Crippen LogP contribution in [0.3, 0.4) is 0 Å². The summed E-state index contributed by atoms with van der Waals surface area (Å²) in [6, 6.07) is 20.7. The highest BCUT2D eigenvalue weighted by molar-refractivity contribution is 9.10. The lowest BCUT2D eigenvalue weighted by Gasteiger charge is -2.17. The second-order valence-corrected chi connectivity index (χ2v) is 11.0. The summed E-state index contributed by atoms with van der Waals surface area (Å²) in [5.41, 5.74) is 1.86. The van der Waals surface area contributed by atoms with E-state index in [1.165, 1.54) is 16.4 Å². The molecule has 0 bridgehead atoms. The van der Waals surface area contributed by atoms with Gasteiger partial charge in [0.25, 0.3) is 5.91 Å². The van der Waals surface area contributed by atoms with Crippen molar-refractivity contribution in [2.45, 2.75) is 25.3 Å². The van der Waals surface area contributed by atoms with Crippen LogP contribution in [-0.2, 0) is 16.6 Å². The van der Waals surface area contributed by atoms with Gasteiger partial charge < -0.3 is 10.1 Å². The monoisotopic (exact) mass is 530 g/mol. The van der Waals surface area contributed by atoms with E-state index in [0.717, 1.165) is 5.56 Å². The van der Waals surface area contributed by atoms with Gasteiger partial charge in [0, 0.05) is 24.8 Å². The second-order valence-electron chi connectivity index (χ2n) is 8.08. The summed E-state index contributed by atoms with van der Waals surface area (Å²) in [4.78, 5) is 12.8. The molecule has 6 nitrogen and oxygen atoms in total. The standard InChI is InChI=1S/C25H27BrN2O4S/c1-18(2)17-32-24-14-9-20(15-23(24)26)25(29)27-21-10-12-22(13-11-21)33(30,31)28(3)16-19-7-5-4-6-8-19/h4-15,18H,16-17H2,1-3H3,(H,27,29). The van der Waals surface area contributed by atoms with Gasteiger partial charge >= 0.3 is 0 Å². The van der Waals surface area contributed by atoms with Crippen molar-refractivity contribution >= 4 is 37.5 Å². The van der Waals surface area contributed by atoms with Crippen LogP contribution in [0.5, 0.6) is 5.75 Å². The molecule has 3 rings (SSSR count). The molecule has 0 radical (unpaired) electrons. The molecule has 3 aromatic rings. The van der Waals surface area contributed by atoms with E-state index in [1.54, 1.807) is 37.4 Å².